The average Bonchev–Trinajstić information content (AvgIpc) is 2.34. The number of amides is 1. The molecule has 0 saturated heterocycles. The molecule has 1 amide bonds. The van der Waals surface area contributed by atoms with Crippen molar-refractivity contribution in [3.8, 4) is 11.5 Å². The van der Waals surface area contributed by atoms with E-state index < -0.39 is 29.0 Å². The van der Waals surface area contributed by atoms with Crippen LogP contribution in [0.1, 0.15) is 6.92 Å². The number of phenols is 2. The molecule has 0 heterocycles. The Balaban J connectivity index is 2.59. The number of carbonyl (C=O) groups excluding carboxylic acids is 1. The van der Waals surface area contributed by atoms with E-state index in [0.717, 1.165) is 29.2 Å². The molecular weight excluding hydrogens is 268 g/mol. The van der Waals surface area contributed by atoms with Crippen LogP contribution in [0.3, 0.4) is 0 Å². The van der Waals surface area contributed by atoms with Crippen molar-refractivity contribution in [1.29, 1.82) is 0 Å². The van der Waals surface area contributed by atoms with Crippen molar-refractivity contribution in [3.63, 3.8) is 0 Å². The molecule has 2 aromatic carbocycles. The standard InChI is InChI=1S/C14H11F2NO3/c1-8(18)17(11-4-2-9(15)6-13(11)19)12-5-3-10(16)7-14(12)20/h2-7,19-20H,1H3. The van der Waals surface area contributed by atoms with Gasteiger partial charge in [0.15, 0.2) is 0 Å². The summed E-state index contributed by atoms with van der Waals surface area (Å²) < 4.78 is 26.0. The maximum absolute atomic E-state index is 13.0. The van der Waals surface area contributed by atoms with E-state index in [9.17, 15) is 23.8 Å². The number of aromatic hydroxyl groups is 2. The molecule has 20 heavy (non-hydrogen) atoms. The van der Waals surface area contributed by atoms with E-state index in [1.54, 1.807) is 0 Å². The quantitative estimate of drug-likeness (QED) is 0.888. The predicted octanol–water partition coefficient (Wildman–Crippen LogP) is 3.06. The molecule has 0 unspecified atom stereocenters. The van der Waals surface area contributed by atoms with Gasteiger partial charge in [0.25, 0.3) is 0 Å². The highest BCUT2D eigenvalue weighted by Crippen LogP contribution is 2.38. The number of rotatable bonds is 2. The van der Waals surface area contributed by atoms with E-state index in [0.29, 0.717) is 0 Å². The lowest BCUT2D eigenvalue weighted by Crippen LogP contribution is -2.23. The maximum Gasteiger partial charge on any atom is 0.228 e. The Labute approximate surface area is 113 Å². The van der Waals surface area contributed by atoms with E-state index in [1.165, 1.54) is 19.1 Å². The van der Waals surface area contributed by atoms with Crippen LogP contribution >= 0.6 is 0 Å². The second-order valence-electron chi connectivity index (χ2n) is 4.12. The van der Waals surface area contributed by atoms with Gasteiger partial charge in [-0.15, -0.1) is 0 Å². The van der Waals surface area contributed by atoms with Crippen molar-refractivity contribution >= 4 is 17.3 Å². The van der Waals surface area contributed by atoms with Gasteiger partial charge in [-0.2, -0.15) is 0 Å². The zero-order chi connectivity index (χ0) is 14.9. The van der Waals surface area contributed by atoms with Crippen molar-refractivity contribution in [2.24, 2.45) is 0 Å². The number of benzene rings is 2. The summed E-state index contributed by atoms with van der Waals surface area (Å²) in [5.74, 6) is -2.81. The molecule has 6 heteroatoms. The Kier molecular flexibility index (Phi) is 3.56. The van der Waals surface area contributed by atoms with Crippen LogP contribution in [0.15, 0.2) is 36.4 Å². The molecule has 2 rings (SSSR count). The highest BCUT2D eigenvalue weighted by molar-refractivity contribution is 6.01. The fraction of sp³-hybridized carbons (Fsp3) is 0.0714. The molecular formula is C14H11F2NO3. The van der Waals surface area contributed by atoms with Gasteiger partial charge in [-0.1, -0.05) is 0 Å². The summed E-state index contributed by atoms with van der Waals surface area (Å²) in [5.41, 5.74) is -0.0263. The largest absolute Gasteiger partial charge is 0.506 e. The molecule has 0 fully saturated rings. The van der Waals surface area contributed by atoms with Gasteiger partial charge in [0.05, 0.1) is 11.4 Å². The zero-order valence-corrected chi connectivity index (χ0v) is 10.5. The number of halogens is 2. The fourth-order valence-corrected chi connectivity index (χ4v) is 1.84. The first-order chi connectivity index (χ1) is 9.40. The average molecular weight is 279 g/mol. The third-order valence-corrected chi connectivity index (χ3v) is 2.67. The molecule has 2 N–H and O–H groups in total. The number of anilines is 2. The molecule has 0 atom stereocenters. The number of carbonyl (C=O) groups is 1. The van der Waals surface area contributed by atoms with Crippen LogP contribution in [0.4, 0.5) is 20.2 Å². The first-order valence-corrected chi connectivity index (χ1v) is 5.68. The van der Waals surface area contributed by atoms with Gasteiger partial charge in [0.2, 0.25) is 5.91 Å². The Bertz CT molecular complexity index is 622. The van der Waals surface area contributed by atoms with Crippen LogP contribution in [-0.2, 0) is 4.79 Å². The Hall–Kier alpha value is -2.63. The topological polar surface area (TPSA) is 60.8 Å². The summed E-state index contributed by atoms with van der Waals surface area (Å²) >= 11 is 0. The van der Waals surface area contributed by atoms with Crippen LogP contribution in [0, 0.1) is 11.6 Å². The highest BCUT2D eigenvalue weighted by atomic mass is 19.1. The Morgan fingerprint density at radius 3 is 1.65 bits per heavy atom. The summed E-state index contributed by atoms with van der Waals surface area (Å²) in [4.78, 5) is 12.7. The van der Waals surface area contributed by atoms with Gasteiger partial charge in [0, 0.05) is 19.1 Å². The molecule has 0 aromatic heterocycles. The first-order valence-electron chi connectivity index (χ1n) is 5.68. The molecule has 104 valence electrons. The third-order valence-electron chi connectivity index (χ3n) is 2.67. The molecule has 0 saturated carbocycles. The van der Waals surface area contributed by atoms with Crippen molar-refractivity contribution in [2.75, 3.05) is 4.90 Å². The van der Waals surface area contributed by atoms with E-state index >= 15 is 0 Å². The predicted molar refractivity (Wildman–Crippen MR) is 68.9 cm³/mol. The first kappa shape index (κ1) is 13.8. The maximum atomic E-state index is 13.0. The molecule has 0 aliphatic rings. The van der Waals surface area contributed by atoms with Crippen molar-refractivity contribution < 1.29 is 23.8 Å². The molecule has 0 aliphatic carbocycles. The second-order valence-corrected chi connectivity index (χ2v) is 4.12. The lowest BCUT2D eigenvalue weighted by atomic mass is 10.2. The van der Waals surface area contributed by atoms with Crippen LogP contribution in [0.2, 0.25) is 0 Å². The summed E-state index contributed by atoms with van der Waals surface area (Å²) in [6.07, 6.45) is 0. The van der Waals surface area contributed by atoms with Crippen molar-refractivity contribution in [2.45, 2.75) is 6.92 Å². The summed E-state index contributed by atoms with van der Waals surface area (Å²) in [5, 5.41) is 19.5. The van der Waals surface area contributed by atoms with Crippen molar-refractivity contribution in [1.82, 2.24) is 0 Å². The second kappa shape index (κ2) is 5.16. The molecule has 4 nitrogen and oxygen atoms in total. The number of nitrogens with zero attached hydrogens (tertiary/aromatic N) is 1. The lowest BCUT2D eigenvalue weighted by molar-refractivity contribution is -0.115. The monoisotopic (exact) mass is 279 g/mol. The van der Waals surface area contributed by atoms with Crippen LogP contribution in [0.25, 0.3) is 0 Å². The number of phenolic OH excluding ortho intramolecular Hbond substituents is 2. The minimum absolute atomic E-state index is 0.0131. The molecule has 0 aliphatic heterocycles. The van der Waals surface area contributed by atoms with Crippen molar-refractivity contribution in [3.05, 3.63) is 48.0 Å². The van der Waals surface area contributed by atoms with Gasteiger partial charge in [-0.3, -0.25) is 9.69 Å². The summed E-state index contributed by atoms with van der Waals surface area (Å²) in [7, 11) is 0. The van der Waals surface area contributed by atoms with Gasteiger partial charge >= 0.3 is 0 Å². The van der Waals surface area contributed by atoms with Gasteiger partial charge < -0.3 is 10.2 Å². The van der Waals surface area contributed by atoms with Gasteiger partial charge in [-0.05, 0) is 24.3 Å². The van der Waals surface area contributed by atoms with Crippen LogP contribution in [-0.4, -0.2) is 16.1 Å². The lowest BCUT2D eigenvalue weighted by Gasteiger charge is -2.23. The minimum Gasteiger partial charge on any atom is -0.506 e. The van der Waals surface area contributed by atoms with Crippen LogP contribution in [0.5, 0.6) is 11.5 Å². The molecule has 0 bridgehead atoms. The normalized spacial score (nSPS) is 10.3. The Morgan fingerprint density at radius 1 is 0.950 bits per heavy atom. The van der Waals surface area contributed by atoms with Gasteiger partial charge in [0.1, 0.15) is 23.1 Å². The summed E-state index contributed by atoms with van der Waals surface area (Å²) in [6, 6.07) is 6.18. The Morgan fingerprint density at radius 2 is 1.35 bits per heavy atom. The molecule has 2 aromatic rings. The van der Waals surface area contributed by atoms with E-state index in [-0.39, 0.29) is 11.4 Å². The highest BCUT2D eigenvalue weighted by Gasteiger charge is 2.21. The molecule has 0 radical (unpaired) electrons. The smallest absolute Gasteiger partial charge is 0.228 e. The van der Waals surface area contributed by atoms with Gasteiger partial charge in [-0.25, -0.2) is 8.78 Å². The number of hydrogen-bond acceptors (Lipinski definition) is 3. The SMILES string of the molecule is CC(=O)N(c1ccc(F)cc1O)c1ccc(F)cc1O. The third kappa shape index (κ3) is 2.54. The van der Waals surface area contributed by atoms with E-state index in [2.05, 4.69) is 0 Å². The van der Waals surface area contributed by atoms with Crippen LogP contribution < -0.4 is 4.90 Å². The van der Waals surface area contributed by atoms with E-state index in [1.807, 2.05) is 0 Å². The number of hydrogen-bond donors (Lipinski definition) is 2. The fourth-order valence-electron chi connectivity index (χ4n) is 1.84. The van der Waals surface area contributed by atoms with E-state index in [4.69, 9.17) is 0 Å². The zero-order valence-electron chi connectivity index (χ0n) is 10.5. The molecule has 0 spiro atoms. The summed E-state index contributed by atoms with van der Waals surface area (Å²) in [6.45, 7) is 1.20. The minimum atomic E-state index is -0.668.